The Morgan fingerprint density at radius 2 is 1.49 bits per heavy atom. The van der Waals surface area contributed by atoms with E-state index in [2.05, 4.69) is 0 Å². The number of carbonyl (C=O) groups excluding carboxylic acids is 2. The minimum Gasteiger partial charge on any atom is -0.444 e. The van der Waals surface area contributed by atoms with Crippen LogP contribution < -0.4 is 4.90 Å². The number of nitrogens with zero attached hydrogens (tertiary/aromatic N) is 2. The fraction of sp³-hybridized carbons (Fsp3) is 0.355. The minimum atomic E-state index is -0.542. The predicted molar refractivity (Wildman–Crippen MR) is 147 cm³/mol. The number of benzene rings is 3. The van der Waals surface area contributed by atoms with E-state index in [1.807, 2.05) is 106 Å². The zero-order chi connectivity index (χ0) is 26.8. The van der Waals surface area contributed by atoms with Gasteiger partial charge < -0.3 is 19.3 Å². The van der Waals surface area contributed by atoms with E-state index in [9.17, 15) is 9.59 Å². The monoisotopic (exact) mass is 502 g/mol. The van der Waals surface area contributed by atoms with Crippen molar-refractivity contribution in [1.29, 1.82) is 0 Å². The highest BCUT2D eigenvalue weighted by Gasteiger charge is 2.21. The average molecular weight is 503 g/mol. The van der Waals surface area contributed by atoms with Crippen molar-refractivity contribution in [1.82, 2.24) is 4.90 Å². The molecule has 0 radical (unpaired) electrons. The molecule has 0 heterocycles. The van der Waals surface area contributed by atoms with Crippen molar-refractivity contribution in [3.05, 3.63) is 102 Å². The highest BCUT2D eigenvalue weighted by Crippen LogP contribution is 2.25. The molecule has 0 aliphatic heterocycles. The second-order valence-corrected chi connectivity index (χ2v) is 10.2. The lowest BCUT2D eigenvalue weighted by molar-refractivity contribution is -0.116. The van der Waals surface area contributed by atoms with Gasteiger partial charge in [0, 0.05) is 26.2 Å². The van der Waals surface area contributed by atoms with Crippen molar-refractivity contribution in [2.45, 2.75) is 59.0 Å². The smallest absolute Gasteiger partial charge is 0.410 e. The summed E-state index contributed by atoms with van der Waals surface area (Å²) in [6.07, 6.45) is 0.0604. The summed E-state index contributed by atoms with van der Waals surface area (Å²) < 4.78 is 11.9. The summed E-state index contributed by atoms with van der Waals surface area (Å²) in [5.74, 6) is -0.0192. The van der Waals surface area contributed by atoms with Gasteiger partial charge in [-0.1, -0.05) is 72.8 Å². The van der Waals surface area contributed by atoms with Gasteiger partial charge in [0.25, 0.3) is 0 Å². The molecule has 3 aromatic rings. The number of hydrogen-bond donors (Lipinski definition) is 0. The second-order valence-electron chi connectivity index (χ2n) is 10.2. The van der Waals surface area contributed by atoms with E-state index in [1.165, 1.54) is 0 Å². The lowest BCUT2D eigenvalue weighted by Gasteiger charge is -2.26. The van der Waals surface area contributed by atoms with Gasteiger partial charge in [-0.05, 0) is 56.0 Å². The van der Waals surface area contributed by atoms with Gasteiger partial charge in [0.1, 0.15) is 5.60 Å². The zero-order valence-corrected chi connectivity index (χ0v) is 22.5. The maximum atomic E-state index is 12.5. The van der Waals surface area contributed by atoms with Crippen molar-refractivity contribution in [2.24, 2.45) is 0 Å². The van der Waals surface area contributed by atoms with E-state index in [0.29, 0.717) is 26.1 Å². The van der Waals surface area contributed by atoms with Crippen LogP contribution in [0.4, 0.5) is 10.5 Å². The molecule has 37 heavy (non-hydrogen) atoms. The molecule has 0 saturated carbocycles. The SMILES string of the molecule is CC(=O)N(Cc1ccccc1)c1cccc(COC(CCN(C)C(=O)OC(C)(C)C)c2ccccc2)c1. The third-order valence-corrected chi connectivity index (χ3v) is 5.84. The van der Waals surface area contributed by atoms with Crippen LogP contribution in [0.1, 0.15) is 56.9 Å². The average Bonchev–Trinajstić information content (AvgIpc) is 2.87. The van der Waals surface area contributed by atoms with Gasteiger partial charge in [-0.3, -0.25) is 4.79 Å². The maximum Gasteiger partial charge on any atom is 0.410 e. The Labute approximate surface area is 220 Å². The molecule has 0 aliphatic carbocycles. The van der Waals surface area contributed by atoms with Crippen LogP contribution in [0.5, 0.6) is 0 Å². The molecule has 0 saturated heterocycles. The number of anilines is 1. The van der Waals surface area contributed by atoms with Crippen molar-refractivity contribution < 1.29 is 19.1 Å². The molecular weight excluding hydrogens is 464 g/mol. The van der Waals surface area contributed by atoms with Crippen molar-refractivity contribution in [3.8, 4) is 0 Å². The van der Waals surface area contributed by atoms with Crippen molar-refractivity contribution in [2.75, 3.05) is 18.5 Å². The molecule has 0 bridgehead atoms. The predicted octanol–water partition coefficient (Wildman–Crippen LogP) is 6.75. The molecule has 6 heteroatoms. The Balaban J connectivity index is 1.69. The summed E-state index contributed by atoms with van der Waals surface area (Å²) in [7, 11) is 1.74. The Bertz CT molecular complexity index is 1140. The summed E-state index contributed by atoms with van der Waals surface area (Å²) in [5.41, 5.74) is 3.37. The zero-order valence-electron chi connectivity index (χ0n) is 22.5. The normalized spacial score (nSPS) is 12.0. The third kappa shape index (κ3) is 9.07. The van der Waals surface area contributed by atoms with Gasteiger partial charge in [0.15, 0.2) is 0 Å². The first-order valence-electron chi connectivity index (χ1n) is 12.6. The highest BCUT2D eigenvalue weighted by molar-refractivity contribution is 5.91. The maximum absolute atomic E-state index is 12.5. The quantitative estimate of drug-likeness (QED) is 0.308. The van der Waals surface area contributed by atoms with Gasteiger partial charge in [0.05, 0.1) is 19.3 Å². The van der Waals surface area contributed by atoms with Gasteiger partial charge in [-0.25, -0.2) is 4.79 Å². The topological polar surface area (TPSA) is 59.1 Å². The van der Waals surface area contributed by atoms with E-state index in [1.54, 1.807) is 23.8 Å². The molecule has 0 aliphatic rings. The van der Waals surface area contributed by atoms with Crippen LogP contribution in [0.2, 0.25) is 0 Å². The van der Waals surface area contributed by atoms with Crippen LogP contribution in [-0.2, 0) is 27.4 Å². The van der Waals surface area contributed by atoms with Crippen molar-refractivity contribution in [3.63, 3.8) is 0 Å². The van der Waals surface area contributed by atoms with Gasteiger partial charge in [0.2, 0.25) is 5.91 Å². The number of carbonyl (C=O) groups is 2. The molecule has 1 unspecified atom stereocenters. The molecule has 1 atom stereocenters. The lowest BCUT2D eigenvalue weighted by atomic mass is 10.1. The third-order valence-electron chi connectivity index (χ3n) is 5.84. The van der Waals surface area contributed by atoms with Crippen LogP contribution in [0.3, 0.4) is 0 Å². The molecule has 0 aromatic heterocycles. The van der Waals surface area contributed by atoms with Crippen LogP contribution in [-0.4, -0.2) is 36.1 Å². The molecule has 0 N–H and O–H groups in total. The Kier molecular flexibility index (Phi) is 9.86. The van der Waals surface area contributed by atoms with E-state index in [0.717, 1.165) is 22.4 Å². The summed E-state index contributed by atoms with van der Waals surface area (Å²) >= 11 is 0. The fourth-order valence-corrected chi connectivity index (χ4v) is 3.92. The van der Waals surface area contributed by atoms with Gasteiger partial charge in [-0.15, -0.1) is 0 Å². The summed E-state index contributed by atoms with van der Waals surface area (Å²) in [6, 6.07) is 27.8. The Morgan fingerprint density at radius 1 is 0.865 bits per heavy atom. The first-order chi connectivity index (χ1) is 17.6. The standard InChI is InChI=1S/C31H38N2O4/c1-24(34)33(22-25-13-8-6-9-14-25)28-18-12-15-26(21-28)23-36-29(27-16-10-7-11-17-27)19-20-32(5)30(35)37-31(2,3)4/h6-18,21,29H,19-20,22-23H2,1-5H3. The number of hydrogen-bond acceptors (Lipinski definition) is 4. The lowest BCUT2D eigenvalue weighted by Crippen LogP contribution is -2.35. The fourth-order valence-electron chi connectivity index (χ4n) is 3.92. The number of ether oxygens (including phenoxy) is 2. The molecular formula is C31H38N2O4. The highest BCUT2D eigenvalue weighted by atomic mass is 16.6. The largest absolute Gasteiger partial charge is 0.444 e. The van der Waals surface area contributed by atoms with E-state index >= 15 is 0 Å². The molecule has 6 nitrogen and oxygen atoms in total. The first kappa shape index (κ1) is 27.9. The first-order valence-corrected chi connectivity index (χ1v) is 12.6. The molecule has 0 fully saturated rings. The number of rotatable bonds is 10. The van der Waals surface area contributed by atoms with Crippen LogP contribution >= 0.6 is 0 Å². The number of amides is 2. The molecule has 2 amide bonds. The van der Waals surface area contributed by atoms with Crippen molar-refractivity contribution >= 4 is 17.7 Å². The molecule has 196 valence electrons. The van der Waals surface area contributed by atoms with E-state index in [4.69, 9.17) is 9.47 Å². The second kappa shape index (κ2) is 13.1. The Morgan fingerprint density at radius 3 is 2.11 bits per heavy atom. The van der Waals surface area contributed by atoms with Gasteiger partial charge >= 0.3 is 6.09 Å². The van der Waals surface area contributed by atoms with Crippen LogP contribution in [0, 0.1) is 0 Å². The Hall–Kier alpha value is -3.64. The van der Waals surface area contributed by atoms with Crippen LogP contribution in [0.25, 0.3) is 0 Å². The molecule has 0 spiro atoms. The van der Waals surface area contributed by atoms with Crippen LogP contribution in [0.15, 0.2) is 84.9 Å². The summed E-state index contributed by atoms with van der Waals surface area (Å²) in [5, 5.41) is 0. The minimum absolute atomic E-state index is 0.0192. The van der Waals surface area contributed by atoms with Gasteiger partial charge in [-0.2, -0.15) is 0 Å². The molecule has 3 rings (SSSR count). The van der Waals surface area contributed by atoms with E-state index < -0.39 is 5.60 Å². The van der Waals surface area contributed by atoms with E-state index in [-0.39, 0.29) is 18.1 Å². The summed E-state index contributed by atoms with van der Waals surface area (Å²) in [6.45, 7) is 8.52. The molecule has 3 aromatic carbocycles. The summed E-state index contributed by atoms with van der Waals surface area (Å²) in [4.78, 5) is 28.2.